The van der Waals surface area contributed by atoms with E-state index in [4.69, 9.17) is 0 Å². The highest BCUT2D eigenvalue weighted by atomic mass is 32.2. The van der Waals surface area contributed by atoms with E-state index in [1.54, 1.807) is 0 Å². The van der Waals surface area contributed by atoms with Gasteiger partial charge in [-0.05, 0) is 36.6 Å². The Morgan fingerprint density at radius 3 is 2.44 bits per heavy atom. The van der Waals surface area contributed by atoms with Gasteiger partial charge in [-0.3, -0.25) is 4.79 Å². The molecule has 3 aromatic rings. The van der Waals surface area contributed by atoms with E-state index in [1.807, 2.05) is 54.8 Å². The normalized spacial score (nSPS) is 10.3. The first-order valence-corrected chi connectivity index (χ1v) is 8.86. The zero-order chi connectivity index (χ0) is 17.8. The summed E-state index contributed by atoms with van der Waals surface area (Å²) in [7, 11) is 0. The van der Waals surface area contributed by atoms with Gasteiger partial charge in [0.25, 0.3) is 0 Å². The van der Waals surface area contributed by atoms with Gasteiger partial charge in [-0.2, -0.15) is 5.26 Å². The highest BCUT2D eigenvalue weighted by Gasteiger charge is 2.14. The number of hydrogen-bond acceptors (Lipinski definition) is 5. The van der Waals surface area contributed by atoms with E-state index < -0.39 is 0 Å². The minimum atomic E-state index is -0.114. The number of fused-ring (bicyclic) bond motifs is 1. The van der Waals surface area contributed by atoms with Crippen LogP contribution in [0.1, 0.15) is 12.5 Å². The van der Waals surface area contributed by atoms with Crippen LogP contribution in [-0.2, 0) is 4.79 Å². The second-order valence-electron chi connectivity index (χ2n) is 5.38. The predicted molar refractivity (Wildman–Crippen MR) is 102 cm³/mol. The van der Waals surface area contributed by atoms with Crippen molar-refractivity contribution in [1.29, 1.82) is 5.26 Å². The standard InChI is InChI=1S/C19H16N4OS/c1-12(24)21-13-7-9-14(10-8-13)22-18-15-5-3-4-6-17(15)23-19(25-2)16(18)11-20/h3-10H,1-2H3,(H,21,24)(H,22,23). The van der Waals surface area contributed by atoms with Crippen molar-refractivity contribution in [3.05, 3.63) is 54.1 Å². The first kappa shape index (κ1) is 16.8. The molecule has 2 aromatic carbocycles. The highest BCUT2D eigenvalue weighted by molar-refractivity contribution is 7.98. The van der Waals surface area contributed by atoms with Gasteiger partial charge in [-0.1, -0.05) is 18.2 Å². The number of rotatable bonds is 4. The van der Waals surface area contributed by atoms with Gasteiger partial charge in [-0.25, -0.2) is 4.98 Å². The highest BCUT2D eigenvalue weighted by Crippen LogP contribution is 2.34. The maximum Gasteiger partial charge on any atom is 0.221 e. The van der Waals surface area contributed by atoms with Crippen LogP contribution in [0, 0.1) is 11.3 Å². The number of carbonyl (C=O) groups is 1. The fourth-order valence-electron chi connectivity index (χ4n) is 2.56. The number of thioether (sulfide) groups is 1. The Balaban J connectivity index is 2.05. The molecule has 0 saturated carbocycles. The van der Waals surface area contributed by atoms with Crippen LogP contribution >= 0.6 is 11.8 Å². The molecule has 5 nitrogen and oxygen atoms in total. The number of nitrogens with zero attached hydrogens (tertiary/aromatic N) is 2. The van der Waals surface area contributed by atoms with E-state index >= 15 is 0 Å². The Kier molecular flexibility index (Phi) is 4.87. The zero-order valence-electron chi connectivity index (χ0n) is 13.8. The topological polar surface area (TPSA) is 77.8 Å². The molecule has 1 amide bonds. The third kappa shape index (κ3) is 3.57. The number of hydrogen-bond donors (Lipinski definition) is 2. The van der Waals surface area contributed by atoms with Crippen LogP contribution in [0.2, 0.25) is 0 Å². The molecule has 1 heterocycles. The van der Waals surface area contributed by atoms with Crippen LogP contribution < -0.4 is 10.6 Å². The molecule has 0 aliphatic rings. The first-order chi connectivity index (χ1) is 12.1. The van der Waals surface area contributed by atoms with Gasteiger partial charge in [0.15, 0.2) is 0 Å². The number of pyridine rings is 1. The summed E-state index contributed by atoms with van der Waals surface area (Å²) in [5.41, 5.74) is 3.65. The Labute approximate surface area is 150 Å². The molecule has 0 spiro atoms. The molecule has 1 aromatic heterocycles. The fourth-order valence-corrected chi connectivity index (χ4v) is 3.10. The lowest BCUT2D eigenvalue weighted by Crippen LogP contribution is -2.05. The molecule has 3 rings (SSSR count). The molecular weight excluding hydrogens is 332 g/mol. The summed E-state index contributed by atoms with van der Waals surface area (Å²) in [4.78, 5) is 15.7. The first-order valence-electron chi connectivity index (χ1n) is 7.64. The summed E-state index contributed by atoms with van der Waals surface area (Å²) in [6.07, 6.45) is 1.91. The molecule has 0 fully saturated rings. The average molecular weight is 348 g/mol. The van der Waals surface area contributed by atoms with E-state index in [0.717, 1.165) is 28.0 Å². The molecule has 6 heteroatoms. The lowest BCUT2D eigenvalue weighted by molar-refractivity contribution is -0.114. The third-order valence-electron chi connectivity index (χ3n) is 3.64. The molecule has 0 atom stereocenters. The van der Waals surface area contributed by atoms with Gasteiger partial charge in [0.1, 0.15) is 16.7 Å². The molecule has 0 unspecified atom stereocenters. The Morgan fingerprint density at radius 2 is 1.80 bits per heavy atom. The van der Waals surface area contributed by atoms with Crippen LogP contribution in [0.15, 0.2) is 53.6 Å². The maximum absolute atomic E-state index is 11.1. The van der Waals surface area contributed by atoms with Crippen molar-refractivity contribution in [2.24, 2.45) is 0 Å². The van der Waals surface area contributed by atoms with Crippen LogP contribution in [0.4, 0.5) is 17.1 Å². The lowest BCUT2D eigenvalue weighted by atomic mass is 10.1. The Bertz CT molecular complexity index is 977. The minimum Gasteiger partial charge on any atom is -0.354 e. The van der Waals surface area contributed by atoms with Crippen molar-refractivity contribution < 1.29 is 4.79 Å². The predicted octanol–water partition coefficient (Wildman–Crippen LogP) is 4.53. The molecule has 25 heavy (non-hydrogen) atoms. The molecule has 0 bridgehead atoms. The number of anilines is 3. The molecule has 0 saturated heterocycles. The molecule has 0 aliphatic carbocycles. The third-order valence-corrected chi connectivity index (χ3v) is 4.32. The number of nitrogens with one attached hydrogen (secondary N) is 2. The summed E-state index contributed by atoms with van der Waals surface area (Å²) < 4.78 is 0. The molecule has 0 aliphatic heterocycles. The minimum absolute atomic E-state index is 0.114. The molecule has 124 valence electrons. The second kappa shape index (κ2) is 7.24. The van der Waals surface area contributed by atoms with E-state index in [-0.39, 0.29) is 5.91 Å². The SMILES string of the molecule is CSc1nc2ccccc2c(Nc2ccc(NC(C)=O)cc2)c1C#N. The quantitative estimate of drug-likeness (QED) is 0.677. The summed E-state index contributed by atoms with van der Waals surface area (Å²) in [5, 5.41) is 17.3. The number of aromatic nitrogens is 1. The van der Waals surface area contributed by atoms with E-state index in [0.29, 0.717) is 10.6 Å². The van der Waals surface area contributed by atoms with Crippen LogP contribution in [0.25, 0.3) is 10.9 Å². The smallest absolute Gasteiger partial charge is 0.221 e. The van der Waals surface area contributed by atoms with Crippen molar-refractivity contribution in [3.63, 3.8) is 0 Å². The zero-order valence-corrected chi connectivity index (χ0v) is 14.6. The Hall–Kier alpha value is -3.04. The molecule has 2 N–H and O–H groups in total. The van der Waals surface area contributed by atoms with Gasteiger partial charge < -0.3 is 10.6 Å². The van der Waals surface area contributed by atoms with Gasteiger partial charge >= 0.3 is 0 Å². The fraction of sp³-hybridized carbons (Fsp3) is 0.105. The molecule has 0 radical (unpaired) electrons. The molecular formula is C19H16N4OS. The van der Waals surface area contributed by atoms with Crippen molar-refractivity contribution in [3.8, 4) is 6.07 Å². The van der Waals surface area contributed by atoms with Crippen LogP contribution in [0.3, 0.4) is 0 Å². The number of benzene rings is 2. The maximum atomic E-state index is 11.1. The Morgan fingerprint density at radius 1 is 1.12 bits per heavy atom. The average Bonchev–Trinajstić information content (AvgIpc) is 2.62. The summed E-state index contributed by atoms with van der Waals surface area (Å²) in [6, 6.07) is 17.3. The summed E-state index contributed by atoms with van der Waals surface area (Å²) >= 11 is 1.45. The van der Waals surface area contributed by atoms with E-state index in [9.17, 15) is 10.1 Å². The number of nitriles is 1. The van der Waals surface area contributed by atoms with Gasteiger partial charge in [0.05, 0.1) is 11.2 Å². The number of carbonyl (C=O) groups excluding carboxylic acids is 1. The largest absolute Gasteiger partial charge is 0.354 e. The number of para-hydroxylation sites is 1. The monoisotopic (exact) mass is 348 g/mol. The van der Waals surface area contributed by atoms with Crippen molar-refractivity contribution in [2.45, 2.75) is 11.9 Å². The van der Waals surface area contributed by atoms with Crippen molar-refractivity contribution >= 4 is 45.6 Å². The van der Waals surface area contributed by atoms with Crippen LogP contribution in [-0.4, -0.2) is 17.1 Å². The second-order valence-corrected chi connectivity index (χ2v) is 6.18. The van der Waals surface area contributed by atoms with Crippen molar-refractivity contribution in [1.82, 2.24) is 4.98 Å². The number of amides is 1. The summed E-state index contributed by atoms with van der Waals surface area (Å²) in [6.45, 7) is 1.47. The summed E-state index contributed by atoms with van der Waals surface area (Å²) in [5.74, 6) is -0.114. The van der Waals surface area contributed by atoms with Crippen molar-refractivity contribution in [2.75, 3.05) is 16.9 Å². The van der Waals surface area contributed by atoms with Gasteiger partial charge in [0.2, 0.25) is 5.91 Å². The van der Waals surface area contributed by atoms with Gasteiger partial charge in [0, 0.05) is 23.7 Å². The lowest BCUT2D eigenvalue weighted by Gasteiger charge is -2.14. The van der Waals surface area contributed by atoms with Gasteiger partial charge in [-0.15, -0.1) is 11.8 Å². The van der Waals surface area contributed by atoms with Crippen LogP contribution in [0.5, 0.6) is 0 Å². The van der Waals surface area contributed by atoms with E-state index in [1.165, 1.54) is 18.7 Å². The van der Waals surface area contributed by atoms with E-state index in [2.05, 4.69) is 21.7 Å².